The lowest BCUT2D eigenvalue weighted by atomic mass is 10.1. The van der Waals surface area contributed by atoms with E-state index in [9.17, 15) is 4.79 Å². The second-order valence-corrected chi connectivity index (χ2v) is 4.31. The molecule has 0 fully saturated rings. The largest absolute Gasteiger partial charge is 0.472 e. The van der Waals surface area contributed by atoms with Crippen LogP contribution in [0, 0.1) is 0 Å². The predicted octanol–water partition coefficient (Wildman–Crippen LogP) is 2.91. The monoisotopic (exact) mass is 280 g/mol. The SMILES string of the molecule is COC(=O)c1cc(N)cc(Cl)c1NCc1ccoc1. The Morgan fingerprint density at radius 3 is 2.95 bits per heavy atom. The van der Waals surface area contributed by atoms with Crippen LogP contribution in [0.3, 0.4) is 0 Å². The maximum absolute atomic E-state index is 11.7. The Bertz CT molecular complexity index is 582. The molecule has 0 aliphatic rings. The van der Waals surface area contributed by atoms with Crippen LogP contribution in [0.2, 0.25) is 5.02 Å². The van der Waals surface area contributed by atoms with Crippen molar-refractivity contribution in [2.24, 2.45) is 0 Å². The van der Waals surface area contributed by atoms with Gasteiger partial charge in [-0.1, -0.05) is 11.6 Å². The fourth-order valence-corrected chi connectivity index (χ4v) is 1.96. The van der Waals surface area contributed by atoms with Crippen LogP contribution in [0.1, 0.15) is 15.9 Å². The van der Waals surface area contributed by atoms with Gasteiger partial charge in [-0.05, 0) is 18.2 Å². The van der Waals surface area contributed by atoms with Crippen molar-refractivity contribution < 1.29 is 13.9 Å². The van der Waals surface area contributed by atoms with E-state index in [1.807, 2.05) is 6.07 Å². The summed E-state index contributed by atoms with van der Waals surface area (Å²) in [5.74, 6) is -0.496. The van der Waals surface area contributed by atoms with Crippen LogP contribution in [0.25, 0.3) is 0 Å². The average molecular weight is 281 g/mol. The second-order valence-electron chi connectivity index (χ2n) is 3.90. The highest BCUT2D eigenvalue weighted by Gasteiger charge is 2.16. The standard InChI is InChI=1S/C13H13ClN2O3/c1-18-13(17)10-4-9(15)5-11(14)12(10)16-6-8-2-3-19-7-8/h2-5,7,16H,6,15H2,1H3. The lowest BCUT2D eigenvalue weighted by Gasteiger charge is -2.13. The molecule has 2 aromatic rings. The van der Waals surface area contributed by atoms with Crippen LogP contribution in [0.15, 0.2) is 35.1 Å². The molecule has 100 valence electrons. The topological polar surface area (TPSA) is 77.5 Å². The molecule has 0 saturated heterocycles. The first-order valence-electron chi connectivity index (χ1n) is 5.54. The first-order chi connectivity index (χ1) is 9.11. The maximum Gasteiger partial charge on any atom is 0.340 e. The van der Waals surface area contributed by atoms with Gasteiger partial charge in [-0.3, -0.25) is 0 Å². The molecule has 0 aliphatic carbocycles. The highest BCUT2D eigenvalue weighted by atomic mass is 35.5. The van der Waals surface area contributed by atoms with Gasteiger partial charge in [0.1, 0.15) is 0 Å². The Balaban J connectivity index is 2.29. The van der Waals surface area contributed by atoms with Crippen molar-refractivity contribution in [1.29, 1.82) is 0 Å². The van der Waals surface area contributed by atoms with Gasteiger partial charge in [0, 0.05) is 17.8 Å². The van der Waals surface area contributed by atoms with E-state index in [0.717, 1.165) is 5.56 Å². The number of carbonyl (C=O) groups is 1. The summed E-state index contributed by atoms with van der Waals surface area (Å²) in [6.45, 7) is 0.476. The van der Waals surface area contributed by atoms with Crippen molar-refractivity contribution in [1.82, 2.24) is 0 Å². The molecule has 19 heavy (non-hydrogen) atoms. The van der Waals surface area contributed by atoms with E-state index >= 15 is 0 Å². The van der Waals surface area contributed by atoms with Crippen molar-refractivity contribution in [2.45, 2.75) is 6.54 Å². The van der Waals surface area contributed by atoms with E-state index in [0.29, 0.717) is 28.5 Å². The number of hydrogen-bond donors (Lipinski definition) is 2. The van der Waals surface area contributed by atoms with Crippen LogP contribution in [0.5, 0.6) is 0 Å². The van der Waals surface area contributed by atoms with Gasteiger partial charge in [0.25, 0.3) is 0 Å². The first-order valence-corrected chi connectivity index (χ1v) is 5.92. The Labute approximate surface area is 115 Å². The van der Waals surface area contributed by atoms with Crippen molar-refractivity contribution >= 4 is 28.9 Å². The quantitative estimate of drug-likeness (QED) is 0.665. The minimum absolute atomic E-state index is 0.302. The van der Waals surface area contributed by atoms with Crippen molar-refractivity contribution in [3.63, 3.8) is 0 Å². The zero-order valence-corrected chi connectivity index (χ0v) is 11.0. The van der Waals surface area contributed by atoms with Crippen LogP contribution in [-0.4, -0.2) is 13.1 Å². The summed E-state index contributed by atoms with van der Waals surface area (Å²) in [6.07, 6.45) is 3.18. The third-order valence-electron chi connectivity index (χ3n) is 2.57. The summed E-state index contributed by atoms with van der Waals surface area (Å²) in [5.41, 5.74) is 7.80. The van der Waals surface area contributed by atoms with Gasteiger partial charge < -0.3 is 20.2 Å². The van der Waals surface area contributed by atoms with Crippen molar-refractivity contribution in [3.8, 4) is 0 Å². The molecule has 6 heteroatoms. The van der Waals surface area contributed by atoms with E-state index in [-0.39, 0.29) is 0 Å². The average Bonchev–Trinajstić information content (AvgIpc) is 2.89. The zero-order valence-electron chi connectivity index (χ0n) is 10.3. The maximum atomic E-state index is 11.7. The predicted molar refractivity (Wildman–Crippen MR) is 73.2 cm³/mol. The van der Waals surface area contributed by atoms with Gasteiger partial charge in [0.15, 0.2) is 0 Å². The molecule has 5 nitrogen and oxygen atoms in total. The van der Waals surface area contributed by atoms with Gasteiger partial charge in [0.2, 0.25) is 0 Å². The molecule has 3 N–H and O–H groups in total. The summed E-state index contributed by atoms with van der Waals surface area (Å²) in [5, 5.41) is 3.44. The number of esters is 1. The lowest BCUT2D eigenvalue weighted by Crippen LogP contribution is -2.09. The van der Waals surface area contributed by atoms with Crippen molar-refractivity contribution in [2.75, 3.05) is 18.2 Å². The Morgan fingerprint density at radius 2 is 2.32 bits per heavy atom. The first kappa shape index (κ1) is 13.3. The zero-order chi connectivity index (χ0) is 13.8. The van der Waals surface area contributed by atoms with Crippen LogP contribution in [-0.2, 0) is 11.3 Å². The molecule has 1 heterocycles. The van der Waals surface area contributed by atoms with E-state index in [1.165, 1.54) is 13.2 Å². The molecule has 0 atom stereocenters. The second kappa shape index (κ2) is 5.67. The highest BCUT2D eigenvalue weighted by molar-refractivity contribution is 6.34. The fraction of sp³-hybridized carbons (Fsp3) is 0.154. The number of ether oxygens (including phenoxy) is 1. The molecule has 0 radical (unpaired) electrons. The van der Waals surface area contributed by atoms with Crippen LogP contribution >= 0.6 is 11.6 Å². The van der Waals surface area contributed by atoms with E-state index < -0.39 is 5.97 Å². The number of halogens is 1. The molecular formula is C13H13ClN2O3. The van der Waals surface area contributed by atoms with Crippen LogP contribution in [0.4, 0.5) is 11.4 Å². The fourth-order valence-electron chi connectivity index (χ4n) is 1.66. The number of nitrogens with one attached hydrogen (secondary N) is 1. The highest BCUT2D eigenvalue weighted by Crippen LogP contribution is 2.30. The summed E-state index contributed by atoms with van der Waals surface area (Å²) < 4.78 is 9.68. The third-order valence-corrected chi connectivity index (χ3v) is 2.87. The number of nitrogens with two attached hydrogens (primary N) is 1. The molecule has 0 spiro atoms. The molecule has 0 bridgehead atoms. The van der Waals surface area contributed by atoms with E-state index in [1.54, 1.807) is 18.6 Å². The molecule has 0 amide bonds. The Morgan fingerprint density at radius 1 is 1.53 bits per heavy atom. The van der Waals surface area contributed by atoms with E-state index in [4.69, 9.17) is 26.5 Å². The Hall–Kier alpha value is -2.14. The number of rotatable bonds is 4. The molecule has 1 aromatic heterocycles. The minimum atomic E-state index is -0.496. The summed E-state index contributed by atoms with van der Waals surface area (Å²) in [7, 11) is 1.30. The lowest BCUT2D eigenvalue weighted by molar-refractivity contribution is 0.0602. The summed E-state index contributed by atoms with van der Waals surface area (Å²) >= 11 is 6.10. The molecule has 0 saturated carbocycles. The van der Waals surface area contributed by atoms with Crippen LogP contribution < -0.4 is 11.1 Å². The Kier molecular flexibility index (Phi) is 3.97. The third kappa shape index (κ3) is 3.00. The van der Waals surface area contributed by atoms with Gasteiger partial charge in [-0.15, -0.1) is 0 Å². The molecule has 1 aromatic carbocycles. The molecule has 0 aliphatic heterocycles. The number of benzene rings is 1. The molecule has 0 unspecified atom stereocenters. The van der Waals surface area contributed by atoms with Gasteiger partial charge in [-0.2, -0.15) is 0 Å². The number of nitrogen functional groups attached to an aromatic ring is 1. The van der Waals surface area contributed by atoms with Gasteiger partial charge in [-0.25, -0.2) is 4.79 Å². The van der Waals surface area contributed by atoms with Gasteiger partial charge in [0.05, 0.1) is 35.9 Å². The molecule has 2 rings (SSSR count). The number of methoxy groups -OCH3 is 1. The number of carbonyl (C=O) groups excluding carboxylic acids is 1. The number of anilines is 2. The van der Waals surface area contributed by atoms with E-state index in [2.05, 4.69) is 5.32 Å². The normalized spacial score (nSPS) is 10.2. The van der Waals surface area contributed by atoms with Gasteiger partial charge >= 0.3 is 5.97 Å². The minimum Gasteiger partial charge on any atom is -0.472 e. The smallest absolute Gasteiger partial charge is 0.340 e. The number of hydrogen-bond acceptors (Lipinski definition) is 5. The summed E-state index contributed by atoms with van der Waals surface area (Å²) in [6, 6.07) is 4.91. The van der Waals surface area contributed by atoms with Crippen molar-refractivity contribution in [3.05, 3.63) is 46.9 Å². The molecular weight excluding hydrogens is 268 g/mol. The summed E-state index contributed by atoms with van der Waals surface area (Å²) in [4.78, 5) is 11.7. The number of furan rings is 1.